The van der Waals surface area contributed by atoms with Crippen molar-refractivity contribution in [1.82, 2.24) is 4.90 Å². The highest BCUT2D eigenvalue weighted by Crippen LogP contribution is 2.07. The Morgan fingerprint density at radius 2 is 1.83 bits per heavy atom. The molecule has 0 rings (SSSR count). The molecular formula is C10H24N2. The first-order chi connectivity index (χ1) is 5.72. The maximum Gasteiger partial charge on any atom is 0.0212 e. The number of likely N-dealkylation sites (N-methyl/N-ethyl adjacent to an activating group) is 1. The second kappa shape index (κ2) is 7.56. The summed E-state index contributed by atoms with van der Waals surface area (Å²) in [6.45, 7) is 3.03. The molecule has 0 bridgehead atoms. The summed E-state index contributed by atoms with van der Waals surface area (Å²) in [5, 5.41) is 0. The van der Waals surface area contributed by atoms with Gasteiger partial charge in [-0.25, -0.2) is 0 Å². The second-order valence-electron chi connectivity index (χ2n) is 3.70. The van der Waals surface area contributed by atoms with E-state index in [1.807, 2.05) is 0 Å². The molecule has 0 aliphatic rings. The van der Waals surface area contributed by atoms with Crippen molar-refractivity contribution in [2.75, 3.05) is 20.6 Å². The third-order valence-corrected chi connectivity index (χ3v) is 2.39. The third kappa shape index (κ3) is 5.56. The van der Waals surface area contributed by atoms with E-state index in [1.54, 1.807) is 0 Å². The van der Waals surface area contributed by atoms with Gasteiger partial charge in [-0.3, -0.25) is 0 Å². The topological polar surface area (TPSA) is 29.3 Å². The zero-order valence-corrected chi connectivity index (χ0v) is 8.84. The minimum atomic E-state index is 0.585. The number of nitrogens with two attached hydrogens (primary N) is 1. The van der Waals surface area contributed by atoms with Gasteiger partial charge in [-0.05, 0) is 20.5 Å². The van der Waals surface area contributed by atoms with Crippen LogP contribution in [0.15, 0.2) is 0 Å². The summed E-state index contributed by atoms with van der Waals surface area (Å²) >= 11 is 0. The molecule has 0 saturated heterocycles. The third-order valence-electron chi connectivity index (χ3n) is 2.39. The molecule has 2 N–H and O–H groups in total. The molecule has 0 aromatic rings. The molecule has 2 nitrogen and oxygen atoms in total. The van der Waals surface area contributed by atoms with Gasteiger partial charge in [0.2, 0.25) is 0 Å². The van der Waals surface area contributed by atoms with Gasteiger partial charge >= 0.3 is 0 Å². The summed E-state index contributed by atoms with van der Waals surface area (Å²) < 4.78 is 0. The fraction of sp³-hybridized carbons (Fsp3) is 1.00. The number of unbranched alkanes of at least 4 members (excludes halogenated alkanes) is 3. The number of hydrogen-bond acceptors (Lipinski definition) is 2. The molecule has 0 saturated carbocycles. The van der Waals surface area contributed by atoms with Crippen LogP contribution in [0, 0.1) is 0 Å². The molecule has 0 aromatic carbocycles. The van der Waals surface area contributed by atoms with E-state index in [4.69, 9.17) is 5.73 Å². The van der Waals surface area contributed by atoms with Crippen LogP contribution in [0.3, 0.4) is 0 Å². The van der Waals surface area contributed by atoms with E-state index in [-0.39, 0.29) is 0 Å². The van der Waals surface area contributed by atoms with Gasteiger partial charge in [0.05, 0.1) is 0 Å². The highest BCUT2D eigenvalue weighted by atomic mass is 15.1. The van der Waals surface area contributed by atoms with Crippen LogP contribution in [0.1, 0.15) is 39.0 Å². The van der Waals surface area contributed by atoms with Gasteiger partial charge in [-0.2, -0.15) is 0 Å². The maximum atomic E-state index is 5.65. The van der Waals surface area contributed by atoms with E-state index in [1.165, 1.54) is 32.1 Å². The van der Waals surface area contributed by atoms with E-state index in [2.05, 4.69) is 25.9 Å². The van der Waals surface area contributed by atoms with Crippen LogP contribution in [0.2, 0.25) is 0 Å². The lowest BCUT2D eigenvalue weighted by atomic mass is 10.1. The maximum absolute atomic E-state index is 5.65. The first kappa shape index (κ1) is 11.9. The first-order valence-corrected chi connectivity index (χ1v) is 5.08. The summed E-state index contributed by atoms with van der Waals surface area (Å²) in [4.78, 5) is 2.23. The van der Waals surface area contributed by atoms with Crippen molar-refractivity contribution < 1.29 is 0 Å². The molecule has 0 fully saturated rings. The van der Waals surface area contributed by atoms with Gasteiger partial charge in [0.15, 0.2) is 0 Å². The van der Waals surface area contributed by atoms with Crippen LogP contribution < -0.4 is 5.73 Å². The molecule has 1 unspecified atom stereocenters. The van der Waals surface area contributed by atoms with Crippen molar-refractivity contribution in [2.24, 2.45) is 5.73 Å². The van der Waals surface area contributed by atoms with Crippen molar-refractivity contribution >= 4 is 0 Å². The normalized spacial score (nSPS) is 13.8. The monoisotopic (exact) mass is 172 g/mol. The molecule has 74 valence electrons. The van der Waals surface area contributed by atoms with Crippen molar-refractivity contribution in [2.45, 2.75) is 45.1 Å². The zero-order valence-electron chi connectivity index (χ0n) is 8.84. The van der Waals surface area contributed by atoms with E-state index in [0.717, 1.165) is 6.54 Å². The van der Waals surface area contributed by atoms with Gasteiger partial charge in [0.1, 0.15) is 0 Å². The van der Waals surface area contributed by atoms with Crippen LogP contribution in [-0.4, -0.2) is 31.6 Å². The number of rotatable bonds is 7. The fourth-order valence-corrected chi connectivity index (χ4v) is 1.39. The Hall–Kier alpha value is -0.0800. The Kier molecular flexibility index (Phi) is 7.51. The SMILES string of the molecule is CCCCCCC(CN)N(C)C. The van der Waals surface area contributed by atoms with Crippen LogP contribution in [0.4, 0.5) is 0 Å². The predicted octanol–water partition coefficient (Wildman–Crippen LogP) is 1.85. The highest BCUT2D eigenvalue weighted by molar-refractivity contribution is 4.66. The lowest BCUT2D eigenvalue weighted by Crippen LogP contribution is -2.34. The molecule has 0 amide bonds. The highest BCUT2D eigenvalue weighted by Gasteiger charge is 2.07. The molecule has 0 spiro atoms. The van der Waals surface area contributed by atoms with Gasteiger partial charge in [0, 0.05) is 12.6 Å². The van der Waals surface area contributed by atoms with Crippen molar-refractivity contribution in [3.05, 3.63) is 0 Å². The molecule has 12 heavy (non-hydrogen) atoms. The lowest BCUT2D eigenvalue weighted by molar-refractivity contribution is 0.278. The smallest absolute Gasteiger partial charge is 0.0212 e. The molecule has 0 radical (unpaired) electrons. The minimum Gasteiger partial charge on any atom is -0.329 e. The lowest BCUT2D eigenvalue weighted by Gasteiger charge is -2.22. The minimum absolute atomic E-state index is 0.585. The van der Waals surface area contributed by atoms with Crippen LogP contribution in [-0.2, 0) is 0 Å². The second-order valence-corrected chi connectivity index (χ2v) is 3.70. The van der Waals surface area contributed by atoms with Crippen molar-refractivity contribution in [1.29, 1.82) is 0 Å². The zero-order chi connectivity index (χ0) is 9.40. The Morgan fingerprint density at radius 1 is 1.17 bits per heavy atom. The Bertz CT molecular complexity index is 91.8. The van der Waals surface area contributed by atoms with E-state index >= 15 is 0 Å². The molecule has 0 aliphatic heterocycles. The van der Waals surface area contributed by atoms with Crippen LogP contribution >= 0.6 is 0 Å². The van der Waals surface area contributed by atoms with Crippen molar-refractivity contribution in [3.8, 4) is 0 Å². The Labute approximate surface area is 77.1 Å². The van der Waals surface area contributed by atoms with Gasteiger partial charge in [-0.15, -0.1) is 0 Å². The van der Waals surface area contributed by atoms with Crippen LogP contribution in [0.25, 0.3) is 0 Å². The van der Waals surface area contributed by atoms with Gasteiger partial charge in [0.25, 0.3) is 0 Å². The molecule has 2 heteroatoms. The average Bonchev–Trinajstić information content (AvgIpc) is 2.04. The van der Waals surface area contributed by atoms with E-state index < -0.39 is 0 Å². The standard InChI is InChI=1S/C10H24N2/c1-4-5-6-7-8-10(9-11)12(2)3/h10H,4-9,11H2,1-3H3. The summed E-state index contributed by atoms with van der Waals surface area (Å²) in [6, 6.07) is 0.585. The van der Waals surface area contributed by atoms with E-state index in [0.29, 0.717) is 6.04 Å². The summed E-state index contributed by atoms with van der Waals surface area (Å²) in [7, 11) is 4.22. The molecule has 0 aromatic heterocycles. The van der Waals surface area contributed by atoms with Gasteiger partial charge < -0.3 is 10.6 Å². The Morgan fingerprint density at radius 3 is 2.25 bits per heavy atom. The summed E-state index contributed by atoms with van der Waals surface area (Å²) in [5.74, 6) is 0. The molecule has 1 atom stereocenters. The molecule has 0 aliphatic carbocycles. The first-order valence-electron chi connectivity index (χ1n) is 5.08. The number of hydrogen-bond donors (Lipinski definition) is 1. The largest absolute Gasteiger partial charge is 0.329 e. The van der Waals surface area contributed by atoms with Crippen LogP contribution in [0.5, 0.6) is 0 Å². The van der Waals surface area contributed by atoms with Gasteiger partial charge in [-0.1, -0.05) is 32.6 Å². The average molecular weight is 172 g/mol. The summed E-state index contributed by atoms with van der Waals surface area (Å²) in [6.07, 6.45) is 6.62. The molecule has 0 heterocycles. The van der Waals surface area contributed by atoms with Crippen molar-refractivity contribution in [3.63, 3.8) is 0 Å². The number of nitrogens with zero attached hydrogens (tertiary/aromatic N) is 1. The fourth-order valence-electron chi connectivity index (χ4n) is 1.39. The quantitative estimate of drug-likeness (QED) is 0.594. The Balaban J connectivity index is 3.32. The summed E-state index contributed by atoms with van der Waals surface area (Å²) in [5.41, 5.74) is 5.65. The molecular weight excluding hydrogens is 148 g/mol. The predicted molar refractivity (Wildman–Crippen MR) is 55.3 cm³/mol. The van der Waals surface area contributed by atoms with E-state index in [9.17, 15) is 0 Å².